The van der Waals surface area contributed by atoms with Crippen LogP contribution in [0.4, 0.5) is 10.8 Å². The van der Waals surface area contributed by atoms with Crippen LogP contribution in [0, 0.1) is 0 Å². The number of aliphatic hydroxyl groups is 1. The lowest BCUT2D eigenvalue weighted by atomic mass is 10.1. The fraction of sp³-hybridized carbons (Fsp3) is 0.333. The van der Waals surface area contributed by atoms with E-state index in [1.165, 1.54) is 11.5 Å². The Bertz CT molecular complexity index is 498. The van der Waals surface area contributed by atoms with Crippen LogP contribution in [0.5, 0.6) is 0 Å². The topological polar surface area (TPSA) is 84.1 Å². The number of nitrogens with one attached hydrogen (secondary N) is 1. The molecule has 0 saturated heterocycles. The maximum Gasteiger partial charge on any atom is 0.147 e. The third kappa shape index (κ3) is 2.96. The Morgan fingerprint density at radius 2 is 2.39 bits per heavy atom. The van der Waals surface area contributed by atoms with Crippen LogP contribution >= 0.6 is 11.5 Å². The van der Waals surface area contributed by atoms with Crippen molar-refractivity contribution in [2.75, 3.05) is 17.6 Å². The van der Waals surface area contributed by atoms with E-state index >= 15 is 0 Å². The third-order valence-electron chi connectivity index (χ3n) is 2.52. The molecule has 0 spiro atoms. The number of hydrogen-bond donors (Lipinski definition) is 3. The zero-order valence-corrected chi connectivity index (χ0v) is 10.9. The molecule has 5 nitrogen and oxygen atoms in total. The van der Waals surface area contributed by atoms with Crippen LogP contribution in [0.1, 0.15) is 13.3 Å². The molecular weight excluding hydrogens is 248 g/mol. The zero-order valence-electron chi connectivity index (χ0n) is 10.1. The predicted molar refractivity (Wildman–Crippen MR) is 74.5 cm³/mol. The maximum absolute atomic E-state index is 9.24. The van der Waals surface area contributed by atoms with Crippen molar-refractivity contribution in [3.63, 3.8) is 0 Å². The molecule has 2 aromatic rings. The molecule has 0 saturated carbocycles. The van der Waals surface area contributed by atoms with E-state index in [0.717, 1.165) is 16.1 Å². The van der Waals surface area contributed by atoms with Gasteiger partial charge in [0.15, 0.2) is 0 Å². The number of aromatic nitrogens is 2. The highest BCUT2D eigenvalue weighted by Gasteiger charge is 2.13. The molecule has 0 aliphatic heterocycles. The summed E-state index contributed by atoms with van der Waals surface area (Å²) in [6, 6.07) is 3.82. The second-order valence-electron chi connectivity index (χ2n) is 4.08. The third-order valence-corrected chi connectivity index (χ3v) is 3.34. The second kappa shape index (κ2) is 5.79. The molecule has 0 aromatic carbocycles. The van der Waals surface area contributed by atoms with Gasteiger partial charge in [0.25, 0.3) is 0 Å². The summed E-state index contributed by atoms with van der Waals surface area (Å²) in [5.41, 5.74) is 7.72. The van der Waals surface area contributed by atoms with Crippen LogP contribution in [0.25, 0.3) is 11.1 Å². The molecule has 2 rings (SSSR count). The molecule has 0 amide bonds. The number of pyridine rings is 1. The Kier molecular flexibility index (Phi) is 4.11. The molecule has 0 aliphatic carbocycles. The summed E-state index contributed by atoms with van der Waals surface area (Å²) in [5.74, 6) is 0.507. The number of nitrogens with two attached hydrogens (primary N) is 1. The highest BCUT2D eigenvalue weighted by atomic mass is 32.1. The van der Waals surface area contributed by atoms with Gasteiger partial charge in [0.1, 0.15) is 10.8 Å². The average Bonchev–Trinajstić information content (AvgIpc) is 2.71. The van der Waals surface area contributed by atoms with Gasteiger partial charge in [0.2, 0.25) is 0 Å². The summed E-state index contributed by atoms with van der Waals surface area (Å²) in [7, 11) is 0. The van der Waals surface area contributed by atoms with Crippen molar-refractivity contribution < 1.29 is 5.11 Å². The predicted octanol–water partition coefficient (Wildman–Crippen LogP) is 1.97. The van der Waals surface area contributed by atoms with Crippen LogP contribution in [0.2, 0.25) is 0 Å². The van der Waals surface area contributed by atoms with Crippen molar-refractivity contribution in [1.82, 2.24) is 9.36 Å². The SMILES string of the molecule is CC(O)CCNc1snc(N)c1-c1cccnc1. The number of rotatable bonds is 5. The zero-order chi connectivity index (χ0) is 13.0. The molecule has 6 heteroatoms. The maximum atomic E-state index is 9.24. The molecule has 4 N–H and O–H groups in total. The molecule has 2 heterocycles. The highest BCUT2D eigenvalue weighted by molar-refractivity contribution is 7.11. The van der Waals surface area contributed by atoms with Crippen LogP contribution in [0.15, 0.2) is 24.5 Å². The first-order chi connectivity index (χ1) is 8.68. The summed E-state index contributed by atoms with van der Waals surface area (Å²) < 4.78 is 4.16. The largest absolute Gasteiger partial charge is 0.393 e. The van der Waals surface area contributed by atoms with Gasteiger partial charge >= 0.3 is 0 Å². The molecule has 0 fully saturated rings. The minimum absolute atomic E-state index is 0.315. The van der Waals surface area contributed by atoms with E-state index in [0.29, 0.717) is 18.8 Å². The number of hydrogen-bond acceptors (Lipinski definition) is 6. The van der Waals surface area contributed by atoms with Gasteiger partial charge in [-0.15, -0.1) is 0 Å². The molecule has 0 aliphatic rings. The van der Waals surface area contributed by atoms with Gasteiger partial charge in [0.05, 0.1) is 11.7 Å². The van der Waals surface area contributed by atoms with Crippen LogP contribution < -0.4 is 11.1 Å². The fourth-order valence-electron chi connectivity index (χ4n) is 1.61. The van der Waals surface area contributed by atoms with E-state index < -0.39 is 0 Å². The first-order valence-electron chi connectivity index (χ1n) is 5.76. The van der Waals surface area contributed by atoms with Crippen molar-refractivity contribution >= 4 is 22.4 Å². The smallest absolute Gasteiger partial charge is 0.147 e. The summed E-state index contributed by atoms with van der Waals surface area (Å²) in [4.78, 5) is 4.08. The first-order valence-corrected chi connectivity index (χ1v) is 6.53. The molecule has 0 bridgehead atoms. The quantitative estimate of drug-likeness (QED) is 0.769. The van der Waals surface area contributed by atoms with Crippen molar-refractivity contribution in [3.8, 4) is 11.1 Å². The minimum Gasteiger partial charge on any atom is -0.393 e. The number of nitrogens with zero attached hydrogens (tertiary/aromatic N) is 2. The molecule has 1 unspecified atom stereocenters. The van der Waals surface area contributed by atoms with E-state index in [1.54, 1.807) is 19.3 Å². The molecule has 0 radical (unpaired) electrons. The van der Waals surface area contributed by atoms with E-state index in [4.69, 9.17) is 5.73 Å². The van der Waals surface area contributed by atoms with Crippen LogP contribution in [0.3, 0.4) is 0 Å². The second-order valence-corrected chi connectivity index (χ2v) is 4.85. The molecule has 18 heavy (non-hydrogen) atoms. The normalized spacial score (nSPS) is 12.3. The highest BCUT2D eigenvalue weighted by Crippen LogP contribution is 2.36. The van der Waals surface area contributed by atoms with Crippen LogP contribution in [-0.2, 0) is 0 Å². The molecule has 2 aromatic heterocycles. The van der Waals surface area contributed by atoms with E-state index in [1.807, 2.05) is 12.1 Å². The van der Waals surface area contributed by atoms with Crippen molar-refractivity contribution in [2.45, 2.75) is 19.4 Å². The Hall–Kier alpha value is -1.66. The molecule has 1 atom stereocenters. The molecular formula is C12H16N4OS. The Balaban J connectivity index is 2.17. The Labute approximate surface area is 110 Å². The lowest BCUT2D eigenvalue weighted by molar-refractivity contribution is 0.189. The molecule has 96 valence electrons. The number of anilines is 2. The van der Waals surface area contributed by atoms with Crippen molar-refractivity contribution in [2.24, 2.45) is 0 Å². The summed E-state index contributed by atoms with van der Waals surface area (Å²) >= 11 is 1.33. The van der Waals surface area contributed by atoms with E-state index in [-0.39, 0.29) is 6.10 Å². The lowest BCUT2D eigenvalue weighted by Crippen LogP contribution is -2.09. The van der Waals surface area contributed by atoms with E-state index in [9.17, 15) is 5.11 Å². The van der Waals surface area contributed by atoms with Gasteiger partial charge in [0, 0.05) is 24.5 Å². The number of aliphatic hydroxyl groups excluding tert-OH is 1. The van der Waals surface area contributed by atoms with Crippen molar-refractivity contribution in [3.05, 3.63) is 24.5 Å². The summed E-state index contributed by atoms with van der Waals surface area (Å²) in [5, 5.41) is 13.4. The Morgan fingerprint density at radius 3 is 3.06 bits per heavy atom. The number of nitrogen functional groups attached to an aromatic ring is 1. The van der Waals surface area contributed by atoms with Gasteiger partial charge in [-0.1, -0.05) is 6.07 Å². The lowest BCUT2D eigenvalue weighted by Gasteiger charge is -2.08. The fourth-order valence-corrected chi connectivity index (χ4v) is 2.37. The average molecular weight is 264 g/mol. The van der Waals surface area contributed by atoms with Crippen LogP contribution in [-0.4, -0.2) is 27.1 Å². The first kappa shape index (κ1) is 12.8. The van der Waals surface area contributed by atoms with E-state index in [2.05, 4.69) is 14.7 Å². The van der Waals surface area contributed by atoms with Gasteiger partial charge < -0.3 is 16.2 Å². The van der Waals surface area contributed by atoms with Gasteiger partial charge in [-0.05, 0) is 30.9 Å². The van der Waals surface area contributed by atoms with Gasteiger partial charge in [-0.3, -0.25) is 4.98 Å². The standard InChI is InChI=1S/C12H16N4OS/c1-8(17)4-6-15-12-10(11(13)16-18-12)9-3-2-5-14-7-9/h2-3,5,7-8,15,17H,4,6H2,1H3,(H2,13,16). The van der Waals surface area contributed by atoms with Gasteiger partial charge in [-0.2, -0.15) is 4.37 Å². The summed E-state index contributed by atoms with van der Waals surface area (Å²) in [6.45, 7) is 2.46. The summed E-state index contributed by atoms with van der Waals surface area (Å²) in [6.07, 6.45) is 3.86. The minimum atomic E-state index is -0.315. The Morgan fingerprint density at radius 1 is 1.56 bits per heavy atom. The monoisotopic (exact) mass is 264 g/mol. The van der Waals surface area contributed by atoms with Crippen molar-refractivity contribution in [1.29, 1.82) is 0 Å². The van der Waals surface area contributed by atoms with Gasteiger partial charge in [-0.25, -0.2) is 0 Å².